The van der Waals surface area contributed by atoms with Crippen molar-refractivity contribution in [2.45, 2.75) is 6.36 Å². The van der Waals surface area contributed by atoms with Gasteiger partial charge in [-0.25, -0.2) is 4.79 Å². The van der Waals surface area contributed by atoms with Crippen molar-refractivity contribution in [2.24, 2.45) is 0 Å². The maximum absolute atomic E-state index is 11.2. The number of carbonyl (C=O) groups is 1. The van der Waals surface area contributed by atoms with Gasteiger partial charge >= 0.3 is 12.3 Å². The Kier molecular flexibility index (Phi) is 4.03. The molecule has 0 amide bonds. The van der Waals surface area contributed by atoms with E-state index >= 15 is 0 Å². The van der Waals surface area contributed by atoms with Gasteiger partial charge in [0.1, 0.15) is 0 Å². The maximum atomic E-state index is 11.2. The fourth-order valence-corrected chi connectivity index (χ4v) is 0.187. The van der Waals surface area contributed by atoms with Crippen molar-refractivity contribution in [3.05, 3.63) is 0 Å². The van der Waals surface area contributed by atoms with Gasteiger partial charge < -0.3 is 0 Å². The van der Waals surface area contributed by atoms with E-state index in [2.05, 4.69) is 14.5 Å². The molecule has 0 saturated heterocycles. The largest absolute Gasteiger partial charge is 0.524 e. The van der Waals surface area contributed by atoms with Gasteiger partial charge in [0.05, 0.1) is 0 Å². The molecule has 0 spiro atoms. The summed E-state index contributed by atoms with van der Waals surface area (Å²) in [4.78, 5) is 16.9. The third kappa shape index (κ3) is 6.79. The molecule has 0 aliphatic rings. The van der Waals surface area contributed by atoms with Crippen LogP contribution in [0.15, 0.2) is 0 Å². The minimum atomic E-state index is -4.86. The van der Waals surface area contributed by atoms with Crippen molar-refractivity contribution in [1.82, 2.24) is 0 Å². The minimum Gasteiger partial charge on any atom is -0.279 e. The van der Waals surface area contributed by atoms with Crippen LogP contribution in [0.5, 0.6) is 0 Å². The molecule has 5 nitrogen and oxygen atoms in total. The van der Waals surface area contributed by atoms with Gasteiger partial charge in [-0.1, -0.05) is 0 Å². The van der Waals surface area contributed by atoms with Crippen LogP contribution in [-0.2, 0) is 19.3 Å². The van der Waals surface area contributed by atoms with Gasteiger partial charge in [-0.15, -0.1) is 13.2 Å². The maximum Gasteiger partial charge on any atom is 0.524 e. The molecule has 8 heteroatoms. The van der Waals surface area contributed by atoms with E-state index < -0.39 is 19.1 Å². The number of halogens is 3. The Hall–Kier alpha value is -1.33. The van der Waals surface area contributed by atoms with Gasteiger partial charge in [0.25, 0.3) is 0 Å². The van der Waals surface area contributed by atoms with Gasteiger partial charge in [-0.3, -0.25) is 9.62 Å². The van der Waals surface area contributed by atoms with Gasteiger partial charge in [-0.2, -0.15) is 10.1 Å². The molecule has 0 atom stereocenters. The molecule has 0 fully saturated rings. The van der Waals surface area contributed by atoms with Crippen LogP contribution in [0.25, 0.3) is 0 Å². The zero-order valence-corrected chi connectivity index (χ0v) is 5.42. The smallest absolute Gasteiger partial charge is 0.279 e. The summed E-state index contributed by atoms with van der Waals surface area (Å²) in [7, 11) is 0. The predicted octanol–water partition coefficient (Wildman–Crippen LogP) is 0.479. The molecule has 0 N–H and O–H groups in total. The number of hydrogen-bond acceptors (Lipinski definition) is 5. The summed E-state index contributed by atoms with van der Waals surface area (Å²) < 4.78 is 36.5. The molecule has 0 aromatic carbocycles. The standard InChI is InChI=1S/C4H2F3NO4/c5-4(6,7)10-2-11-12-3(9)1-8/h2H2. The van der Waals surface area contributed by atoms with E-state index in [4.69, 9.17) is 5.26 Å². The van der Waals surface area contributed by atoms with Crippen LogP contribution in [0.4, 0.5) is 13.2 Å². The highest BCUT2D eigenvalue weighted by Gasteiger charge is 2.29. The van der Waals surface area contributed by atoms with Crippen molar-refractivity contribution >= 4 is 5.97 Å². The highest BCUT2D eigenvalue weighted by atomic mass is 19.4. The Morgan fingerprint density at radius 2 is 2.08 bits per heavy atom. The van der Waals surface area contributed by atoms with Crippen molar-refractivity contribution in [3.63, 3.8) is 0 Å². The summed E-state index contributed by atoms with van der Waals surface area (Å²) in [5.41, 5.74) is 0. The number of alkyl halides is 3. The van der Waals surface area contributed by atoms with Gasteiger partial charge in [0.2, 0.25) is 6.79 Å². The molecule has 12 heavy (non-hydrogen) atoms. The first-order chi connectivity index (χ1) is 5.45. The molecule has 0 aliphatic heterocycles. The number of rotatable bonds is 3. The van der Waals surface area contributed by atoms with Gasteiger partial charge in [-0.05, 0) is 0 Å². The lowest BCUT2D eigenvalue weighted by Gasteiger charge is -2.04. The quantitative estimate of drug-likeness (QED) is 0.210. The zero-order chi connectivity index (χ0) is 9.61. The van der Waals surface area contributed by atoms with E-state index in [1.807, 2.05) is 0 Å². The van der Waals surface area contributed by atoms with E-state index in [9.17, 15) is 18.0 Å². The Bertz CT molecular complexity index is 195. The predicted molar refractivity (Wildman–Crippen MR) is 24.8 cm³/mol. The normalized spacial score (nSPS) is 10.5. The summed E-state index contributed by atoms with van der Waals surface area (Å²) in [6.45, 7) is -1.31. The molecule has 0 saturated carbocycles. The second-order valence-electron chi connectivity index (χ2n) is 1.31. The molecule has 0 bridgehead atoms. The van der Waals surface area contributed by atoms with Crippen LogP contribution in [0.3, 0.4) is 0 Å². The molecule has 0 unspecified atom stereocenters. The highest BCUT2D eigenvalue weighted by Crippen LogP contribution is 2.15. The third-order valence-corrected chi connectivity index (χ3v) is 0.497. The lowest BCUT2D eigenvalue weighted by atomic mass is 10.8. The van der Waals surface area contributed by atoms with Crippen molar-refractivity contribution in [1.29, 1.82) is 5.26 Å². The molecule has 0 aromatic rings. The molecule has 0 aliphatic carbocycles. The van der Waals surface area contributed by atoms with Gasteiger partial charge in [0, 0.05) is 0 Å². The molecule has 68 valence electrons. The lowest BCUT2D eigenvalue weighted by molar-refractivity contribution is -0.397. The molecular formula is C4H2F3NO4. The Balaban J connectivity index is 3.36. The fourth-order valence-electron chi connectivity index (χ4n) is 0.187. The number of carbonyl (C=O) groups excluding carboxylic acids is 1. The van der Waals surface area contributed by atoms with E-state index in [0.29, 0.717) is 0 Å². The number of hydrogen-bond donors (Lipinski definition) is 0. The molecule has 0 aromatic heterocycles. The van der Waals surface area contributed by atoms with E-state index in [-0.39, 0.29) is 0 Å². The van der Waals surface area contributed by atoms with E-state index in [0.717, 1.165) is 6.07 Å². The summed E-state index contributed by atoms with van der Waals surface area (Å²) in [6.07, 6.45) is -4.86. The fraction of sp³-hybridized carbons (Fsp3) is 0.500. The highest BCUT2D eigenvalue weighted by molar-refractivity contribution is 5.85. The Morgan fingerprint density at radius 1 is 1.50 bits per heavy atom. The molecular weight excluding hydrogens is 183 g/mol. The van der Waals surface area contributed by atoms with Crippen LogP contribution in [-0.4, -0.2) is 19.1 Å². The number of nitriles is 1. The van der Waals surface area contributed by atoms with Crippen molar-refractivity contribution < 1.29 is 32.5 Å². The van der Waals surface area contributed by atoms with Crippen molar-refractivity contribution in [3.8, 4) is 6.07 Å². The molecule has 0 radical (unpaired) electrons. The first-order valence-electron chi connectivity index (χ1n) is 2.40. The topological polar surface area (TPSA) is 68.6 Å². The zero-order valence-electron chi connectivity index (χ0n) is 5.42. The SMILES string of the molecule is N#CC(=O)OOCOC(F)(F)F. The average molecular weight is 185 g/mol. The summed E-state index contributed by atoms with van der Waals surface area (Å²) in [6, 6.07) is 0.940. The third-order valence-electron chi connectivity index (χ3n) is 0.497. The Morgan fingerprint density at radius 3 is 2.50 bits per heavy atom. The van der Waals surface area contributed by atoms with E-state index in [1.165, 1.54) is 0 Å². The first-order valence-corrected chi connectivity index (χ1v) is 2.40. The minimum absolute atomic E-state index is 0.940. The first kappa shape index (κ1) is 10.7. The average Bonchev–Trinajstić information content (AvgIpc) is 1.96. The number of nitrogens with zero attached hydrogens (tertiary/aromatic N) is 1. The summed E-state index contributed by atoms with van der Waals surface area (Å²) in [5.74, 6) is -1.46. The summed E-state index contributed by atoms with van der Waals surface area (Å²) in [5, 5.41) is 7.73. The van der Waals surface area contributed by atoms with Crippen LogP contribution >= 0.6 is 0 Å². The lowest BCUT2D eigenvalue weighted by Crippen LogP contribution is -2.16. The van der Waals surface area contributed by atoms with Crippen LogP contribution in [0.2, 0.25) is 0 Å². The van der Waals surface area contributed by atoms with Crippen LogP contribution in [0, 0.1) is 11.3 Å². The van der Waals surface area contributed by atoms with E-state index in [1.54, 1.807) is 0 Å². The number of ether oxygens (including phenoxy) is 1. The van der Waals surface area contributed by atoms with Gasteiger partial charge in [0.15, 0.2) is 6.07 Å². The molecule has 0 heterocycles. The summed E-state index contributed by atoms with van der Waals surface area (Å²) >= 11 is 0. The molecule has 0 rings (SSSR count). The van der Waals surface area contributed by atoms with Crippen LogP contribution < -0.4 is 0 Å². The van der Waals surface area contributed by atoms with Crippen LogP contribution in [0.1, 0.15) is 0 Å². The second kappa shape index (κ2) is 4.53. The van der Waals surface area contributed by atoms with Crippen molar-refractivity contribution in [2.75, 3.05) is 6.79 Å². The second-order valence-corrected chi connectivity index (χ2v) is 1.31. The Labute approximate surface area is 64.2 Å². The monoisotopic (exact) mass is 185 g/mol.